The first-order valence-corrected chi connectivity index (χ1v) is 8.12. The van der Waals surface area contributed by atoms with Crippen molar-refractivity contribution in [2.75, 3.05) is 50.7 Å². The molecule has 1 aliphatic heterocycles. The van der Waals surface area contributed by atoms with Gasteiger partial charge in [0, 0.05) is 26.2 Å². The number of rotatable bonds is 5. The molecule has 2 aromatic rings. The number of hydrogen-bond acceptors (Lipinski definition) is 6. The number of hydrogen-bond donors (Lipinski definition) is 1. The molecule has 8 nitrogen and oxygen atoms in total. The maximum atomic E-state index is 12.4. The third-order valence-electron chi connectivity index (χ3n) is 4.39. The second-order valence-electron chi connectivity index (χ2n) is 5.63. The Kier molecular flexibility index (Phi) is 4.71. The molecule has 1 aliphatic rings. The number of H-pyrrole nitrogens is 1. The number of amides is 1. The molecular formula is C15H23N7O. The number of nitrogens with one attached hydrogen (secondary N) is 1. The molecule has 0 bridgehead atoms. The average molecular weight is 317 g/mol. The molecule has 23 heavy (non-hydrogen) atoms. The van der Waals surface area contributed by atoms with Crippen molar-refractivity contribution in [3.63, 3.8) is 0 Å². The highest BCUT2D eigenvalue weighted by Crippen LogP contribution is 2.20. The zero-order valence-electron chi connectivity index (χ0n) is 13.7. The maximum Gasteiger partial charge on any atom is 0.236 e. The van der Waals surface area contributed by atoms with Crippen LogP contribution >= 0.6 is 0 Å². The summed E-state index contributed by atoms with van der Waals surface area (Å²) in [7, 11) is 0. The van der Waals surface area contributed by atoms with Crippen LogP contribution in [0.5, 0.6) is 0 Å². The average Bonchev–Trinajstić information content (AvgIpc) is 3.08. The van der Waals surface area contributed by atoms with Gasteiger partial charge in [0.15, 0.2) is 11.5 Å². The predicted octanol–water partition coefficient (Wildman–Crippen LogP) is 0.343. The molecule has 2 aromatic heterocycles. The first kappa shape index (κ1) is 15.7. The molecule has 0 atom stereocenters. The van der Waals surface area contributed by atoms with Crippen LogP contribution in [0.4, 0.5) is 5.82 Å². The first-order valence-electron chi connectivity index (χ1n) is 8.12. The van der Waals surface area contributed by atoms with Gasteiger partial charge in [0.1, 0.15) is 11.8 Å². The molecule has 0 saturated carbocycles. The van der Waals surface area contributed by atoms with Crippen LogP contribution in [-0.2, 0) is 4.79 Å². The lowest BCUT2D eigenvalue weighted by atomic mass is 10.3. The van der Waals surface area contributed by atoms with Gasteiger partial charge in [-0.3, -0.25) is 9.69 Å². The molecule has 1 amide bonds. The van der Waals surface area contributed by atoms with Gasteiger partial charge >= 0.3 is 0 Å². The number of aromatic nitrogens is 4. The van der Waals surface area contributed by atoms with Gasteiger partial charge in [0.05, 0.1) is 12.9 Å². The summed E-state index contributed by atoms with van der Waals surface area (Å²) in [5.41, 5.74) is 1.53. The van der Waals surface area contributed by atoms with Crippen molar-refractivity contribution in [2.24, 2.45) is 0 Å². The summed E-state index contributed by atoms with van der Waals surface area (Å²) >= 11 is 0. The second kappa shape index (κ2) is 6.91. The van der Waals surface area contributed by atoms with E-state index >= 15 is 0 Å². The van der Waals surface area contributed by atoms with E-state index < -0.39 is 0 Å². The Hall–Kier alpha value is -2.22. The molecule has 1 N–H and O–H groups in total. The number of carbonyl (C=O) groups excluding carboxylic acids is 1. The normalized spacial score (nSPS) is 15.6. The molecular weight excluding hydrogens is 294 g/mol. The van der Waals surface area contributed by atoms with Crippen molar-refractivity contribution in [3.8, 4) is 0 Å². The minimum absolute atomic E-state index is 0.211. The van der Waals surface area contributed by atoms with Gasteiger partial charge in [-0.15, -0.1) is 0 Å². The number of anilines is 1. The molecule has 0 aromatic carbocycles. The highest BCUT2D eigenvalue weighted by Gasteiger charge is 2.24. The van der Waals surface area contributed by atoms with E-state index in [4.69, 9.17) is 0 Å². The Bertz CT molecular complexity index is 659. The summed E-state index contributed by atoms with van der Waals surface area (Å²) in [6.45, 7) is 9.47. The van der Waals surface area contributed by atoms with E-state index in [0.29, 0.717) is 12.2 Å². The van der Waals surface area contributed by atoms with Crippen LogP contribution in [0.3, 0.4) is 0 Å². The summed E-state index contributed by atoms with van der Waals surface area (Å²) in [6.07, 6.45) is 3.17. The summed E-state index contributed by atoms with van der Waals surface area (Å²) in [6, 6.07) is 0. The molecule has 0 aliphatic carbocycles. The maximum absolute atomic E-state index is 12.4. The smallest absolute Gasteiger partial charge is 0.236 e. The Morgan fingerprint density at radius 3 is 2.61 bits per heavy atom. The van der Waals surface area contributed by atoms with E-state index in [1.165, 1.54) is 6.33 Å². The standard InChI is InChI=1S/C15H23N7O/c1-3-20(4-2)9-12(23)21-5-7-22(8-6-21)15-13-14(17-10-16-13)18-11-19-15/h10-11H,3-9H2,1-2H3,(H,16,17,18,19). The molecule has 8 heteroatoms. The lowest BCUT2D eigenvalue weighted by Crippen LogP contribution is -2.51. The fourth-order valence-electron chi connectivity index (χ4n) is 2.90. The van der Waals surface area contributed by atoms with Crippen LogP contribution in [0, 0.1) is 0 Å². The van der Waals surface area contributed by atoms with Crippen molar-refractivity contribution in [3.05, 3.63) is 12.7 Å². The van der Waals surface area contributed by atoms with Crippen LogP contribution in [0.15, 0.2) is 12.7 Å². The number of aromatic amines is 1. The van der Waals surface area contributed by atoms with Gasteiger partial charge < -0.3 is 14.8 Å². The molecule has 0 spiro atoms. The Morgan fingerprint density at radius 1 is 1.17 bits per heavy atom. The highest BCUT2D eigenvalue weighted by molar-refractivity contribution is 5.83. The first-order chi connectivity index (χ1) is 11.2. The van der Waals surface area contributed by atoms with E-state index in [-0.39, 0.29) is 5.91 Å². The Morgan fingerprint density at radius 2 is 1.91 bits per heavy atom. The Balaban J connectivity index is 1.62. The van der Waals surface area contributed by atoms with Gasteiger partial charge in [-0.1, -0.05) is 13.8 Å². The van der Waals surface area contributed by atoms with Crippen molar-refractivity contribution < 1.29 is 4.79 Å². The second-order valence-corrected chi connectivity index (χ2v) is 5.63. The van der Waals surface area contributed by atoms with Gasteiger partial charge in [-0.2, -0.15) is 0 Å². The summed E-state index contributed by atoms with van der Waals surface area (Å²) in [5, 5.41) is 0. The third-order valence-corrected chi connectivity index (χ3v) is 4.39. The topological polar surface area (TPSA) is 81.2 Å². The number of piperazine rings is 1. The predicted molar refractivity (Wildman–Crippen MR) is 88.3 cm³/mol. The molecule has 0 unspecified atom stereocenters. The number of fused-ring (bicyclic) bond motifs is 1. The lowest BCUT2D eigenvalue weighted by molar-refractivity contribution is -0.132. The van der Waals surface area contributed by atoms with Crippen LogP contribution in [0.2, 0.25) is 0 Å². The zero-order valence-corrected chi connectivity index (χ0v) is 13.7. The van der Waals surface area contributed by atoms with Gasteiger partial charge in [-0.25, -0.2) is 15.0 Å². The molecule has 0 radical (unpaired) electrons. The van der Waals surface area contributed by atoms with Crippen molar-refractivity contribution in [1.82, 2.24) is 29.7 Å². The third kappa shape index (κ3) is 3.26. The lowest BCUT2D eigenvalue weighted by Gasteiger charge is -2.36. The molecule has 1 saturated heterocycles. The number of likely N-dealkylation sites (N-methyl/N-ethyl adjacent to an activating group) is 1. The van der Waals surface area contributed by atoms with E-state index in [2.05, 4.69) is 43.6 Å². The summed E-state index contributed by atoms with van der Waals surface area (Å²) in [5.74, 6) is 1.08. The SMILES string of the molecule is CCN(CC)CC(=O)N1CCN(c2ncnc3nc[nH]c23)CC1. The minimum Gasteiger partial charge on any atom is -0.351 e. The van der Waals surface area contributed by atoms with Crippen molar-refractivity contribution in [1.29, 1.82) is 0 Å². The zero-order chi connectivity index (χ0) is 16.2. The largest absolute Gasteiger partial charge is 0.351 e. The minimum atomic E-state index is 0.211. The number of imidazole rings is 1. The monoisotopic (exact) mass is 317 g/mol. The van der Waals surface area contributed by atoms with E-state index in [1.807, 2.05) is 4.90 Å². The number of nitrogens with zero attached hydrogens (tertiary/aromatic N) is 6. The quantitative estimate of drug-likeness (QED) is 0.857. The highest BCUT2D eigenvalue weighted by atomic mass is 16.2. The molecule has 124 valence electrons. The van der Waals surface area contributed by atoms with Crippen LogP contribution in [-0.4, -0.2) is 81.5 Å². The Labute approximate surface area is 135 Å². The van der Waals surface area contributed by atoms with Crippen LogP contribution in [0.1, 0.15) is 13.8 Å². The van der Waals surface area contributed by atoms with E-state index in [0.717, 1.165) is 50.6 Å². The fraction of sp³-hybridized carbons (Fsp3) is 0.600. The van der Waals surface area contributed by atoms with Gasteiger partial charge in [-0.05, 0) is 13.1 Å². The van der Waals surface area contributed by atoms with Crippen molar-refractivity contribution >= 4 is 22.9 Å². The van der Waals surface area contributed by atoms with Crippen LogP contribution in [0.25, 0.3) is 11.2 Å². The molecule has 3 rings (SSSR count). The van der Waals surface area contributed by atoms with Crippen LogP contribution < -0.4 is 4.90 Å². The van der Waals surface area contributed by atoms with Crippen molar-refractivity contribution in [2.45, 2.75) is 13.8 Å². The van der Waals surface area contributed by atoms with Gasteiger partial charge in [0.2, 0.25) is 5.91 Å². The number of carbonyl (C=O) groups is 1. The summed E-state index contributed by atoms with van der Waals surface area (Å²) < 4.78 is 0. The summed E-state index contributed by atoms with van der Waals surface area (Å²) in [4.78, 5) is 34.4. The van der Waals surface area contributed by atoms with Gasteiger partial charge in [0.25, 0.3) is 0 Å². The van der Waals surface area contributed by atoms with E-state index in [9.17, 15) is 4.79 Å². The molecule has 3 heterocycles. The van der Waals surface area contributed by atoms with E-state index in [1.54, 1.807) is 6.33 Å². The fourth-order valence-corrected chi connectivity index (χ4v) is 2.90. The molecule has 1 fully saturated rings.